The Bertz CT molecular complexity index is 786. The van der Waals surface area contributed by atoms with Gasteiger partial charge >= 0.3 is 6.03 Å². The molecule has 8 heteroatoms. The highest BCUT2D eigenvalue weighted by Gasteiger charge is 2.24. The van der Waals surface area contributed by atoms with Crippen molar-refractivity contribution in [2.24, 2.45) is 0 Å². The van der Waals surface area contributed by atoms with Crippen molar-refractivity contribution < 1.29 is 18.9 Å². The number of amides is 3. The van der Waals surface area contributed by atoms with Gasteiger partial charge in [-0.2, -0.15) is 0 Å². The number of urea groups is 1. The van der Waals surface area contributed by atoms with Crippen molar-refractivity contribution in [2.75, 3.05) is 37.6 Å². The molecule has 0 radical (unpaired) electrons. The Hall–Kier alpha value is -2.51. The third-order valence-electron chi connectivity index (χ3n) is 4.65. The van der Waals surface area contributed by atoms with E-state index in [2.05, 4.69) is 22.5 Å². The molecule has 7 nitrogen and oxygen atoms in total. The highest BCUT2D eigenvalue weighted by atomic mass is 35.5. The number of nitrogens with one attached hydrogen (secondary N) is 3. The Balaban J connectivity index is 1.41. The second-order valence-corrected chi connectivity index (χ2v) is 7.09. The normalized spacial score (nSPS) is 14.8. The smallest absolute Gasteiger partial charge is 0.321 e. The van der Waals surface area contributed by atoms with E-state index >= 15 is 0 Å². The zero-order chi connectivity index (χ0) is 19.2. The third kappa shape index (κ3) is 5.48. The van der Waals surface area contributed by atoms with E-state index in [-0.39, 0.29) is 19.0 Å². The lowest BCUT2D eigenvalue weighted by Gasteiger charge is -2.34. The van der Waals surface area contributed by atoms with Gasteiger partial charge in [0.15, 0.2) is 6.54 Å². The highest BCUT2D eigenvalue weighted by molar-refractivity contribution is 6.30. The molecule has 3 amide bonds. The molecule has 1 aromatic heterocycles. The molecule has 144 valence electrons. The van der Waals surface area contributed by atoms with E-state index in [1.807, 2.05) is 18.2 Å². The number of anilines is 1. The summed E-state index contributed by atoms with van der Waals surface area (Å²) in [5.41, 5.74) is 2.33. The Morgan fingerprint density at radius 2 is 2.04 bits per heavy atom. The minimum absolute atomic E-state index is 0.247. The Morgan fingerprint density at radius 3 is 2.74 bits per heavy atom. The summed E-state index contributed by atoms with van der Waals surface area (Å²) in [5, 5.41) is 5.69. The van der Waals surface area contributed by atoms with Crippen LogP contribution in [0.3, 0.4) is 0 Å². The van der Waals surface area contributed by atoms with E-state index in [0.29, 0.717) is 5.76 Å². The van der Waals surface area contributed by atoms with Crippen LogP contribution >= 0.6 is 11.6 Å². The van der Waals surface area contributed by atoms with Gasteiger partial charge < -0.3 is 19.5 Å². The van der Waals surface area contributed by atoms with Crippen molar-refractivity contribution in [3.63, 3.8) is 0 Å². The van der Waals surface area contributed by atoms with Crippen LogP contribution in [-0.2, 0) is 11.3 Å². The van der Waals surface area contributed by atoms with Crippen LogP contribution < -0.4 is 20.4 Å². The summed E-state index contributed by atoms with van der Waals surface area (Å²) < 4.78 is 5.13. The van der Waals surface area contributed by atoms with Crippen molar-refractivity contribution in [1.82, 2.24) is 10.6 Å². The van der Waals surface area contributed by atoms with Gasteiger partial charge in [-0.15, -0.1) is 0 Å². The molecule has 0 spiro atoms. The summed E-state index contributed by atoms with van der Waals surface area (Å²) in [6.07, 6.45) is 1.54. The van der Waals surface area contributed by atoms with Gasteiger partial charge in [-0.3, -0.25) is 10.1 Å². The first-order chi connectivity index (χ1) is 13.0. The summed E-state index contributed by atoms with van der Waals surface area (Å²) in [6.45, 7) is 5.93. The van der Waals surface area contributed by atoms with Gasteiger partial charge in [0.05, 0.1) is 39.0 Å². The van der Waals surface area contributed by atoms with Crippen LogP contribution in [0.2, 0.25) is 5.02 Å². The molecule has 2 aromatic rings. The molecule has 0 aliphatic carbocycles. The standard InChI is InChI=1S/C19H23ClN4O3/c1-14-4-5-15(20)11-17(14)24-8-6-23(7-9-24)13-18(25)22-19(26)21-12-16-3-2-10-27-16/h2-5,10-11H,6-9,12-13H2,1H3,(H2,21,22,25,26)/p+1. The van der Waals surface area contributed by atoms with E-state index in [1.165, 1.54) is 11.8 Å². The predicted molar refractivity (Wildman–Crippen MR) is 103 cm³/mol. The number of nitrogens with zero attached hydrogens (tertiary/aromatic N) is 1. The van der Waals surface area contributed by atoms with Crippen molar-refractivity contribution in [1.29, 1.82) is 0 Å². The second-order valence-electron chi connectivity index (χ2n) is 6.65. The maximum absolute atomic E-state index is 12.1. The molecule has 0 saturated carbocycles. The topological polar surface area (TPSA) is 79.0 Å². The molecule has 0 atom stereocenters. The third-order valence-corrected chi connectivity index (χ3v) is 4.88. The zero-order valence-electron chi connectivity index (χ0n) is 15.3. The minimum atomic E-state index is -0.510. The molecule has 1 aliphatic heterocycles. The van der Waals surface area contributed by atoms with E-state index in [4.69, 9.17) is 16.0 Å². The van der Waals surface area contributed by atoms with Gasteiger partial charge in [0.1, 0.15) is 5.76 Å². The number of carbonyl (C=O) groups excluding carboxylic acids is 2. The molecule has 0 bridgehead atoms. The number of hydrogen-bond donors (Lipinski definition) is 3. The number of carbonyl (C=O) groups is 2. The quantitative estimate of drug-likeness (QED) is 0.709. The number of piperazine rings is 1. The van der Waals surface area contributed by atoms with Crippen LogP contribution in [0.15, 0.2) is 41.0 Å². The molecule has 27 heavy (non-hydrogen) atoms. The lowest BCUT2D eigenvalue weighted by atomic mass is 10.1. The fourth-order valence-electron chi connectivity index (χ4n) is 3.19. The number of rotatable bonds is 5. The summed E-state index contributed by atoms with van der Waals surface area (Å²) in [7, 11) is 0. The number of quaternary nitrogens is 1. The average Bonchev–Trinajstić information content (AvgIpc) is 3.16. The Kier molecular flexibility index (Phi) is 6.36. The molecular weight excluding hydrogens is 368 g/mol. The van der Waals surface area contributed by atoms with Gasteiger partial charge in [0.2, 0.25) is 0 Å². The van der Waals surface area contributed by atoms with E-state index in [9.17, 15) is 9.59 Å². The summed E-state index contributed by atoms with van der Waals surface area (Å²) in [5.74, 6) is 0.352. The fraction of sp³-hybridized carbons (Fsp3) is 0.368. The monoisotopic (exact) mass is 391 g/mol. The van der Waals surface area contributed by atoms with Crippen molar-refractivity contribution in [3.05, 3.63) is 52.9 Å². The molecule has 3 N–H and O–H groups in total. The van der Waals surface area contributed by atoms with Crippen LogP contribution in [0, 0.1) is 6.92 Å². The average molecular weight is 392 g/mol. The number of imide groups is 1. The second kappa shape index (κ2) is 8.92. The maximum atomic E-state index is 12.1. The number of halogens is 1. The van der Waals surface area contributed by atoms with E-state index in [1.54, 1.807) is 12.1 Å². The van der Waals surface area contributed by atoms with Crippen LogP contribution in [0.25, 0.3) is 0 Å². The SMILES string of the molecule is Cc1ccc(Cl)cc1N1CC[NH+](CC(=O)NC(=O)NCc2ccco2)CC1. The molecule has 1 aliphatic rings. The number of furan rings is 1. The van der Waals surface area contributed by atoms with Crippen molar-refractivity contribution in [2.45, 2.75) is 13.5 Å². The maximum Gasteiger partial charge on any atom is 0.321 e. The van der Waals surface area contributed by atoms with Crippen LogP contribution in [0.5, 0.6) is 0 Å². The van der Waals surface area contributed by atoms with Crippen LogP contribution in [0.4, 0.5) is 10.5 Å². The molecule has 2 heterocycles. The Morgan fingerprint density at radius 1 is 1.26 bits per heavy atom. The lowest BCUT2D eigenvalue weighted by molar-refractivity contribution is -0.892. The first kappa shape index (κ1) is 19.3. The van der Waals surface area contributed by atoms with E-state index in [0.717, 1.165) is 41.8 Å². The molecule has 1 fully saturated rings. The van der Waals surface area contributed by atoms with Gasteiger partial charge in [0.25, 0.3) is 5.91 Å². The predicted octanol–water partition coefficient (Wildman–Crippen LogP) is 0.972. The van der Waals surface area contributed by atoms with Crippen LogP contribution in [0.1, 0.15) is 11.3 Å². The minimum Gasteiger partial charge on any atom is -0.467 e. The van der Waals surface area contributed by atoms with Crippen molar-refractivity contribution in [3.8, 4) is 0 Å². The molecule has 1 aromatic carbocycles. The first-order valence-electron chi connectivity index (χ1n) is 8.96. The Labute approximate surface area is 163 Å². The number of hydrogen-bond acceptors (Lipinski definition) is 4. The summed E-state index contributed by atoms with van der Waals surface area (Å²) in [4.78, 5) is 27.3. The molecule has 0 unspecified atom stereocenters. The fourth-order valence-corrected chi connectivity index (χ4v) is 3.35. The molecule has 1 saturated heterocycles. The molecule has 3 rings (SSSR count). The summed E-state index contributed by atoms with van der Waals surface area (Å²) >= 11 is 6.11. The van der Waals surface area contributed by atoms with Gasteiger partial charge in [-0.25, -0.2) is 4.79 Å². The first-order valence-corrected chi connectivity index (χ1v) is 9.34. The molecular formula is C19H24ClN4O3+. The summed E-state index contributed by atoms with van der Waals surface area (Å²) in [6, 6.07) is 8.89. The lowest BCUT2D eigenvalue weighted by Crippen LogP contribution is -3.16. The van der Waals surface area contributed by atoms with Gasteiger partial charge in [-0.05, 0) is 36.8 Å². The van der Waals surface area contributed by atoms with Crippen LogP contribution in [-0.4, -0.2) is 44.7 Å². The largest absolute Gasteiger partial charge is 0.467 e. The van der Waals surface area contributed by atoms with Gasteiger partial charge in [-0.1, -0.05) is 17.7 Å². The van der Waals surface area contributed by atoms with Crippen molar-refractivity contribution >= 4 is 29.2 Å². The zero-order valence-corrected chi connectivity index (χ0v) is 16.0. The number of benzene rings is 1. The number of aryl methyl sites for hydroxylation is 1. The van der Waals surface area contributed by atoms with E-state index < -0.39 is 6.03 Å². The van der Waals surface area contributed by atoms with Gasteiger partial charge in [0, 0.05) is 10.7 Å². The highest BCUT2D eigenvalue weighted by Crippen LogP contribution is 2.24.